The fraction of sp³-hybridized carbons (Fsp3) is 1.00. The molecular formula is C9H16O6. The third-order valence-corrected chi connectivity index (χ3v) is 3.55. The van der Waals surface area contributed by atoms with Gasteiger partial charge in [-0.2, -0.15) is 0 Å². The van der Waals surface area contributed by atoms with Crippen LogP contribution in [0.25, 0.3) is 0 Å². The summed E-state index contributed by atoms with van der Waals surface area (Å²) in [6, 6.07) is 0. The van der Waals surface area contributed by atoms with Crippen LogP contribution in [0.1, 0.15) is 13.8 Å². The minimum atomic E-state index is -1.57. The number of aliphatic hydroxyl groups excluding tert-OH is 5. The second kappa shape index (κ2) is 2.91. The third-order valence-electron chi connectivity index (χ3n) is 3.55. The molecule has 0 aromatic rings. The van der Waals surface area contributed by atoms with E-state index in [4.69, 9.17) is 4.74 Å². The Labute approximate surface area is 86.7 Å². The van der Waals surface area contributed by atoms with Gasteiger partial charge in [-0.05, 0) is 13.8 Å². The summed E-state index contributed by atoms with van der Waals surface area (Å²) in [6.07, 6.45) is -7.45. The van der Waals surface area contributed by atoms with Crippen molar-refractivity contribution in [1.29, 1.82) is 0 Å². The van der Waals surface area contributed by atoms with Crippen LogP contribution >= 0.6 is 0 Å². The van der Waals surface area contributed by atoms with Crippen molar-refractivity contribution < 1.29 is 30.3 Å². The van der Waals surface area contributed by atoms with Crippen molar-refractivity contribution in [3.05, 3.63) is 0 Å². The molecule has 2 aliphatic rings. The summed E-state index contributed by atoms with van der Waals surface area (Å²) >= 11 is 0. The van der Waals surface area contributed by atoms with Crippen LogP contribution in [0.5, 0.6) is 0 Å². The summed E-state index contributed by atoms with van der Waals surface area (Å²) in [5.41, 5.74) is -2.21. The minimum Gasteiger partial charge on any atom is -0.387 e. The summed E-state index contributed by atoms with van der Waals surface area (Å²) in [5, 5.41) is 47.8. The van der Waals surface area contributed by atoms with Crippen molar-refractivity contribution in [1.82, 2.24) is 0 Å². The van der Waals surface area contributed by atoms with E-state index in [9.17, 15) is 25.5 Å². The maximum Gasteiger partial charge on any atom is 0.154 e. The van der Waals surface area contributed by atoms with Gasteiger partial charge in [0.05, 0.1) is 5.60 Å². The lowest BCUT2D eigenvalue weighted by Gasteiger charge is -2.41. The van der Waals surface area contributed by atoms with Crippen molar-refractivity contribution >= 4 is 0 Å². The Hall–Kier alpha value is -0.240. The Morgan fingerprint density at radius 1 is 0.800 bits per heavy atom. The molecule has 2 fully saturated rings. The molecule has 15 heavy (non-hydrogen) atoms. The fourth-order valence-corrected chi connectivity index (χ4v) is 2.49. The summed E-state index contributed by atoms with van der Waals surface area (Å²) < 4.78 is 5.22. The molecule has 1 aliphatic heterocycles. The second-order valence-electron chi connectivity index (χ2n) is 4.77. The molecule has 5 N–H and O–H groups in total. The van der Waals surface area contributed by atoms with Gasteiger partial charge in [0.2, 0.25) is 0 Å². The van der Waals surface area contributed by atoms with Gasteiger partial charge in [0.15, 0.2) is 5.60 Å². The van der Waals surface area contributed by atoms with Crippen LogP contribution in [0.4, 0.5) is 0 Å². The van der Waals surface area contributed by atoms with Crippen molar-refractivity contribution in [3.8, 4) is 0 Å². The van der Waals surface area contributed by atoms with Gasteiger partial charge < -0.3 is 30.3 Å². The maximum absolute atomic E-state index is 9.76. The maximum atomic E-state index is 9.76. The topological polar surface area (TPSA) is 114 Å². The number of ether oxygens (including phenoxy) is 1. The quantitative estimate of drug-likeness (QED) is 0.285. The van der Waals surface area contributed by atoms with Crippen LogP contribution in [0, 0.1) is 0 Å². The number of rotatable bonds is 0. The SMILES string of the molecule is CC1(C)OC12[C@@H](O)[C@H](O)C(O)[C@@H](O)[C@@H]2O. The zero-order valence-corrected chi connectivity index (χ0v) is 8.53. The predicted molar refractivity (Wildman–Crippen MR) is 47.9 cm³/mol. The highest BCUT2D eigenvalue weighted by atomic mass is 16.7. The number of hydrogen-bond acceptors (Lipinski definition) is 6. The summed E-state index contributed by atoms with van der Waals surface area (Å²) in [5.74, 6) is 0. The molecule has 0 amide bonds. The van der Waals surface area contributed by atoms with Crippen molar-refractivity contribution in [3.63, 3.8) is 0 Å². The normalized spacial score (nSPS) is 58.2. The lowest BCUT2D eigenvalue weighted by Crippen LogP contribution is -2.67. The summed E-state index contributed by atoms with van der Waals surface area (Å²) in [4.78, 5) is 0. The lowest BCUT2D eigenvalue weighted by molar-refractivity contribution is -0.210. The highest BCUT2D eigenvalue weighted by molar-refractivity contribution is 5.25. The van der Waals surface area contributed by atoms with E-state index in [2.05, 4.69) is 0 Å². The van der Waals surface area contributed by atoms with Crippen LogP contribution in [0.3, 0.4) is 0 Å². The molecule has 0 unspecified atom stereocenters. The van der Waals surface area contributed by atoms with E-state index in [-0.39, 0.29) is 0 Å². The first kappa shape index (κ1) is 11.3. The van der Waals surface area contributed by atoms with E-state index in [0.29, 0.717) is 0 Å². The molecule has 1 spiro atoms. The predicted octanol–water partition coefficient (Wildman–Crippen LogP) is -2.65. The van der Waals surface area contributed by atoms with E-state index in [1.165, 1.54) is 0 Å². The summed E-state index contributed by atoms with van der Waals surface area (Å²) in [6.45, 7) is 3.27. The highest BCUT2D eigenvalue weighted by Crippen LogP contribution is 2.56. The molecule has 1 saturated carbocycles. The first-order chi connectivity index (χ1) is 6.75. The molecular weight excluding hydrogens is 204 g/mol. The molecule has 0 aromatic carbocycles. The highest BCUT2D eigenvalue weighted by Gasteiger charge is 2.77. The fourth-order valence-electron chi connectivity index (χ4n) is 2.49. The van der Waals surface area contributed by atoms with Crippen LogP contribution in [0.15, 0.2) is 0 Å². The molecule has 1 aliphatic carbocycles. The number of hydrogen-bond donors (Lipinski definition) is 5. The number of aliphatic hydroxyl groups is 5. The Kier molecular flexibility index (Phi) is 2.18. The van der Waals surface area contributed by atoms with Crippen molar-refractivity contribution in [2.24, 2.45) is 0 Å². The van der Waals surface area contributed by atoms with Crippen LogP contribution in [-0.2, 0) is 4.74 Å². The average molecular weight is 220 g/mol. The molecule has 2 rings (SSSR count). The second-order valence-corrected chi connectivity index (χ2v) is 4.77. The smallest absolute Gasteiger partial charge is 0.154 e. The molecule has 0 radical (unpaired) electrons. The van der Waals surface area contributed by atoms with Gasteiger partial charge in [0.25, 0.3) is 0 Å². The van der Waals surface area contributed by atoms with E-state index >= 15 is 0 Å². The minimum absolute atomic E-state index is 0.825. The van der Waals surface area contributed by atoms with Gasteiger partial charge in [-0.1, -0.05) is 0 Å². The van der Waals surface area contributed by atoms with Gasteiger partial charge in [-0.15, -0.1) is 0 Å². The monoisotopic (exact) mass is 220 g/mol. The average Bonchev–Trinajstić information content (AvgIpc) is 2.75. The first-order valence-corrected chi connectivity index (χ1v) is 4.86. The molecule has 1 saturated heterocycles. The Morgan fingerprint density at radius 2 is 1.13 bits per heavy atom. The standard InChI is InChI=1S/C9H16O6/c1-8(2)9(15-8)6(13)4(11)3(10)5(12)7(9)14/h3-7,10-14H,1-2H3/t3?,4-,5-,6+,7+,9?/m1/s1. The Morgan fingerprint density at radius 3 is 1.40 bits per heavy atom. The van der Waals surface area contributed by atoms with E-state index in [0.717, 1.165) is 0 Å². The van der Waals surface area contributed by atoms with Gasteiger partial charge in [-0.25, -0.2) is 0 Å². The van der Waals surface area contributed by atoms with Crippen LogP contribution in [0.2, 0.25) is 0 Å². The lowest BCUT2D eigenvalue weighted by atomic mass is 9.73. The molecule has 1 heterocycles. The van der Waals surface area contributed by atoms with E-state index in [1.54, 1.807) is 13.8 Å². The van der Waals surface area contributed by atoms with Gasteiger partial charge in [0, 0.05) is 0 Å². The Balaban J connectivity index is 2.33. The first-order valence-electron chi connectivity index (χ1n) is 4.86. The molecule has 88 valence electrons. The molecule has 6 heteroatoms. The Bertz CT molecular complexity index is 262. The van der Waals surface area contributed by atoms with E-state index in [1.807, 2.05) is 0 Å². The third kappa shape index (κ3) is 1.15. The van der Waals surface area contributed by atoms with Gasteiger partial charge in [0.1, 0.15) is 30.5 Å². The largest absolute Gasteiger partial charge is 0.387 e. The zero-order valence-electron chi connectivity index (χ0n) is 8.53. The van der Waals surface area contributed by atoms with Crippen molar-refractivity contribution in [2.75, 3.05) is 0 Å². The van der Waals surface area contributed by atoms with E-state index < -0.39 is 41.7 Å². The molecule has 4 atom stereocenters. The van der Waals surface area contributed by atoms with Crippen LogP contribution < -0.4 is 0 Å². The molecule has 6 nitrogen and oxygen atoms in total. The number of epoxide rings is 1. The zero-order chi connectivity index (χ0) is 11.6. The molecule has 0 aromatic heterocycles. The van der Waals surface area contributed by atoms with Crippen LogP contribution in [-0.4, -0.2) is 67.3 Å². The molecule has 0 bridgehead atoms. The van der Waals surface area contributed by atoms with Gasteiger partial charge in [-0.3, -0.25) is 0 Å². The summed E-state index contributed by atoms with van der Waals surface area (Å²) in [7, 11) is 0. The van der Waals surface area contributed by atoms with Crippen molar-refractivity contribution in [2.45, 2.75) is 55.6 Å². The van der Waals surface area contributed by atoms with Gasteiger partial charge >= 0.3 is 0 Å².